The van der Waals surface area contributed by atoms with Crippen molar-refractivity contribution in [3.8, 4) is 0 Å². The van der Waals surface area contributed by atoms with Crippen molar-refractivity contribution in [3.63, 3.8) is 0 Å². The molecule has 0 fully saturated rings. The Labute approximate surface area is 120 Å². The molecule has 0 aliphatic rings. The number of benzene rings is 1. The fraction of sp³-hybridized carbons (Fsp3) is 0.385. The summed E-state index contributed by atoms with van der Waals surface area (Å²) in [6.07, 6.45) is 1.99. The number of thioether (sulfide) groups is 1. The monoisotopic (exact) mass is 300 g/mol. The van der Waals surface area contributed by atoms with Crippen molar-refractivity contribution in [2.24, 2.45) is 5.92 Å². The molecule has 0 aliphatic heterocycles. The van der Waals surface area contributed by atoms with Gasteiger partial charge in [0.05, 0.1) is 5.56 Å². The molecule has 0 saturated heterocycles. The van der Waals surface area contributed by atoms with Gasteiger partial charge in [0.2, 0.25) is 0 Å². The Morgan fingerprint density at radius 3 is 2.75 bits per heavy atom. The number of rotatable bonds is 6. The second-order valence-electron chi connectivity index (χ2n) is 4.40. The third-order valence-electron chi connectivity index (χ3n) is 2.52. The van der Waals surface area contributed by atoms with Crippen LogP contribution in [0.1, 0.15) is 17.3 Å². The number of carboxylic acid groups (broad SMARTS) is 1. The van der Waals surface area contributed by atoms with E-state index < -0.39 is 23.4 Å². The molecule has 0 aliphatic carbocycles. The van der Waals surface area contributed by atoms with Gasteiger partial charge in [0, 0.05) is 12.2 Å². The first-order chi connectivity index (χ1) is 9.43. The highest BCUT2D eigenvalue weighted by Crippen LogP contribution is 2.14. The maximum Gasteiger partial charge on any atom is 0.338 e. The van der Waals surface area contributed by atoms with Crippen LogP contribution in [0.15, 0.2) is 18.2 Å². The van der Waals surface area contributed by atoms with E-state index in [0.29, 0.717) is 12.5 Å². The summed E-state index contributed by atoms with van der Waals surface area (Å²) in [7, 11) is 0. The molecule has 3 N–H and O–H groups in total. The number of hydrogen-bond acceptors (Lipinski definition) is 3. The van der Waals surface area contributed by atoms with E-state index in [1.54, 1.807) is 11.8 Å². The summed E-state index contributed by atoms with van der Waals surface area (Å²) in [5.74, 6) is -0.948. The van der Waals surface area contributed by atoms with Gasteiger partial charge in [-0.05, 0) is 36.1 Å². The van der Waals surface area contributed by atoms with Crippen LogP contribution in [0.25, 0.3) is 0 Å². The molecule has 0 heterocycles. The Hall–Kier alpha value is -1.76. The number of carbonyl (C=O) groups excluding carboxylic acids is 1. The zero-order chi connectivity index (χ0) is 15.1. The summed E-state index contributed by atoms with van der Waals surface area (Å²) < 4.78 is 13.2. The van der Waals surface area contributed by atoms with Crippen LogP contribution in [0.5, 0.6) is 0 Å². The minimum Gasteiger partial charge on any atom is -0.478 e. The van der Waals surface area contributed by atoms with Gasteiger partial charge in [-0.1, -0.05) is 6.92 Å². The summed E-state index contributed by atoms with van der Waals surface area (Å²) in [6, 6.07) is 2.96. The number of carbonyl (C=O) groups is 2. The van der Waals surface area contributed by atoms with Crippen LogP contribution in [0, 0.1) is 11.7 Å². The Morgan fingerprint density at radius 1 is 1.45 bits per heavy atom. The average molecular weight is 300 g/mol. The molecule has 1 atom stereocenters. The van der Waals surface area contributed by atoms with E-state index in [4.69, 9.17) is 5.11 Å². The summed E-state index contributed by atoms with van der Waals surface area (Å²) in [4.78, 5) is 22.4. The molecule has 1 unspecified atom stereocenters. The van der Waals surface area contributed by atoms with Crippen molar-refractivity contribution >= 4 is 29.4 Å². The fourth-order valence-corrected chi connectivity index (χ4v) is 2.24. The topological polar surface area (TPSA) is 78.4 Å². The van der Waals surface area contributed by atoms with E-state index in [2.05, 4.69) is 10.6 Å². The molecule has 1 aromatic carbocycles. The molecule has 110 valence electrons. The molecule has 0 spiro atoms. The lowest BCUT2D eigenvalue weighted by Crippen LogP contribution is -2.33. The fourth-order valence-electron chi connectivity index (χ4n) is 1.55. The average Bonchev–Trinajstić information content (AvgIpc) is 2.39. The molecule has 0 bridgehead atoms. The second-order valence-corrected chi connectivity index (χ2v) is 5.31. The zero-order valence-corrected chi connectivity index (χ0v) is 12.1. The van der Waals surface area contributed by atoms with E-state index >= 15 is 0 Å². The molecule has 1 rings (SSSR count). The number of anilines is 1. The maximum absolute atomic E-state index is 13.2. The van der Waals surface area contributed by atoms with Crippen LogP contribution in [0.4, 0.5) is 14.9 Å². The predicted molar refractivity (Wildman–Crippen MR) is 77.9 cm³/mol. The summed E-state index contributed by atoms with van der Waals surface area (Å²) in [5.41, 5.74) is -0.239. The molecule has 0 saturated carbocycles. The molecule has 2 amide bonds. The van der Waals surface area contributed by atoms with Crippen molar-refractivity contribution in [1.29, 1.82) is 0 Å². The highest BCUT2D eigenvalue weighted by Gasteiger charge is 2.12. The maximum atomic E-state index is 13.2. The summed E-state index contributed by atoms with van der Waals surface area (Å²) >= 11 is 1.69. The SMILES string of the molecule is CSCC(C)CNC(=O)Nc1ccc(F)c(C(=O)O)c1. The Bertz CT molecular complexity index is 497. The van der Waals surface area contributed by atoms with Gasteiger partial charge in [0.15, 0.2) is 0 Å². The minimum atomic E-state index is -1.37. The van der Waals surface area contributed by atoms with Crippen molar-refractivity contribution in [2.75, 3.05) is 23.9 Å². The van der Waals surface area contributed by atoms with Gasteiger partial charge in [-0.25, -0.2) is 14.0 Å². The van der Waals surface area contributed by atoms with Gasteiger partial charge in [0.1, 0.15) is 5.82 Å². The third-order valence-corrected chi connectivity index (χ3v) is 3.42. The lowest BCUT2D eigenvalue weighted by Gasteiger charge is -2.12. The van der Waals surface area contributed by atoms with Gasteiger partial charge in [0.25, 0.3) is 0 Å². The molecular formula is C13H17FN2O3S. The van der Waals surface area contributed by atoms with Crippen molar-refractivity contribution in [1.82, 2.24) is 5.32 Å². The quantitative estimate of drug-likeness (QED) is 0.754. The Morgan fingerprint density at radius 2 is 2.15 bits per heavy atom. The number of halogens is 1. The van der Waals surface area contributed by atoms with Crippen LogP contribution in [0.3, 0.4) is 0 Å². The van der Waals surface area contributed by atoms with E-state index in [1.807, 2.05) is 13.2 Å². The second kappa shape index (κ2) is 7.74. The first kappa shape index (κ1) is 16.3. The first-order valence-electron chi connectivity index (χ1n) is 6.00. The van der Waals surface area contributed by atoms with E-state index in [0.717, 1.165) is 17.9 Å². The summed E-state index contributed by atoms with van der Waals surface area (Å²) in [6.45, 7) is 2.52. The normalized spacial score (nSPS) is 11.8. The lowest BCUT2D eigenvalue weighted by atomic mass is 10.2. The predicted octanol–water partition coefficient (Wildman–Crippen LogP) is 2.64. The van der Waals surface area contributed by atoms with Gasteiger partial charge in [-0.2, -0.15) is 11.8 Å². The van der Waals surface area contributed by atoms with Gasteiger partial charge in [-0.15, -0.1) is 0 Å². The van der Waals surface area contributed by atoms with E-state index in [-0.39, 0.29) is 5.69 Å². The smallest absolute Gasteiger partial charge is 0.338 e. The van der Waals surface area contributed by atoms with Crippen LogP contribution < -0.4 is 10.6 Å². The largest absolute Gasteiger partial charge is 0.478 e. The van der Waals surface area contributed by atoms with Gasteiger partial charge >= 0.3 is 12.0 Å². The Balaban J connectivity index is 2.58. The molecular weight excluding hydrogens is 283 g/mol. The number of aromatic carboxylic acids is 1. The van der Waals surface area contributed by atoms with Crippen molar-refractivity contribution in [2.45, 2.75) is 6.92 Å². The number of carboxylic acids is 1. The minimum absolute atomic E-state index is 0.235. The van der Waals surface area contributed by atoms with Crippen LogP contribution in [0.2, 0.25) is 0 Å². The Kier molecular flexibility index (Phi) is 6.30. The van der Waals surface area contributed by atoms with Gasteiger partial charge < -0.3 is 15.7 Å². The highest BCUT2D eigenvalue weighted by molar-refractivity contribution is 7.98. The van der Waals surface area contributed by atoms with Crippen molar-refractivity contribution in [3.05, 3.63) is 29.6 Å². The van der Waals surface area contributed by atoms with Crippen molar-refractivity contribution < 1.29 is 19.1 Å². The van der Waals surface area contributed by atoms with E-state index in [9.17, 15) is 14.0 Å². The molecule has 0 radical (unpaired) electrons. The van der Waals surface area contributed by atoms with Crippen LogP contribution in [-0.2, 0) is 0 Å². The number of nitrogens with one attached hydrogen (secondary N) is 2. The van der Waals surface area contributed by atoms with Crippen LogP contribution in [-0.4, -0.2) is 35.7 Å². The van der Waals surface area contributed by atoms with Crippen LogP contribution >= 0.6 is 11.8 Å². The molecule has 1 aromatic rings. The highest BCUT2D eigenvalue weighted by atomic mass is 32.2. The standard InChI is InChI=1S/C13H17FN2O3S/c1-8(7-20-2)6-15-13(19)16-9-3-4-11(14)10(5-9)12(17)18/h3-5,8H,6-7H2,1-2H3,(H,17,18)(H2,15,16,19). The molecule has 20 heavy (non-hydrogen) atoms. The zero-order valence-electron chi connectivity index (χ0n) is 11.3. The number of urea groups is 1. The number of amides is 2. The molecule has 0 aromatic heterocycles. The molecule has 7 heteroatoms. The number of hydrogen-bond donors (Lipinski definition) is 3. The first-order valence-corrected chi connectivity index (χ1v) is 7.40. The van der Waals surface area contributed by atoms with Gasteiger partial charge in [-0.3, -0.25) is 0 Å². The summed E-state index contributed by atoms with van der Waals surface area (Å²) in [5, 5.41) is 13.9. The third kappa shape index (κ3) is 5.08. The molecule has 5 nitrogen and oxygen atoms in total. The lowest BCUT2D eigenvalue weighted by molar-refractivity contribution is 0.0692. The van der Waals surface area contributed by atoms with E-state index in [1.165, 1.54) is 6.07 Å².